The van der Waals surface area contributed by atoms with Crippen molar-refractivity contribution in [1.82, 2.24) is 10.0 Å². The molecule has 1 aromatic carbocycles. The minimum absolute atomic E-state index is 0.0685. The number of benzene rings is 1. The van der Waals surface area contributed by atoms with Gasteiger partial charge in [0.05, 0.1) is 6.54 Å². The highest BCUT2D eigenvalue weighted by Crippen LogP contribution is 2.21. The van der Waals surface area contributed by atoms with Gasteiger partial charge in [0.25, 0.3) is 6.43 Å². The zero-order valence-electron chi connectivity index (χ0n) is 11.5. The first-order valence-electron chi connectivity index (χ1n) is 6.13. The summed E-state index contributed by atoms with van der Waals surface area (Å²) in [5, 5.41) is 2.76. The molecule has 2 N–H and O–H groups in total. The van der Waals surface area contributed by atoms with Crippen molar-refractivity contribution in [2.45, 2.75) is 37.8 Å². The summed E-state index contributed by atoms with van der Waals surface area (Å²) in [4.78, 5) is -0.856. The quantitative estimate of drug-likeness (QED) is 0.753. The number of hydrogen-bond donors (Lipinski definition) is 2. The van der Waals surface area contributed by atoms with E-state index in [2.05, 4.69) is 5.32 Å². The lowest BCUT2D eigenvalue weighted by atomic mass is 10.2. The molecule has 0 bridgehead atoms. The molecule has 120 valence electrons. The Morgan fingerprint density at radius 3 is 2.33 bits per heavy atom. The van der Waals surface area contributed by atoms with Gasteiger partial charge in [0.15, 0.2) is 5.82 Å². The first-order chi connectivity index (χ1) is 9.65. The van der Waals surface area contributed by atoms with Gasteiger partial charge in [-0.25, -0.2) is 30.7 Å². The highest BCUT2D eigenvalue weighted by Gasteiger charge is 2.24. The van der Waals surface area contributed by atoms with Crippen LogP contribution < -0.4 is 10.0 Å². The van der Waals surface area contributed by atoms with Crippen molar-refractivity contribution in [2.24, 2.45) is 0 Å². The standard InChI is InChI=1S/C12H16F4N2O2S/c1-7(2)17-5-8-9(13)3-4-10(12(8)16)21(19,20)18-6-11(14)15/h3-4,7,11,17-18H,5-6H2,1-2H3. The number of hydrogen-bond acceptors (Lipinski definition) is 3. The second kappa shape index (κ2) is 7.19. The van der Waals surface area contributed by atoms with Crippen LogP contribution in [-0.2, 0) is 16.6 Å². The van der Waals surface area contributed by atoms with Crippen LogP contribution in [0.5, 0.6) is 0 Å². The van der Waals surface area contributed by atoms with Gasteiger partial charge < -0.3 is 5.32 Å². The third-order valence-corrected chi connectivity index (χ3v) is 4.00. The Labute approximate surface area is 120 Å². The Kier molecular flexibility index (Phi) is 6.11. The Bertz CT molecular complexity index is 591. The molecule has 0 saturated carbocycles. The van der Waals surface area contributed by atoms with E-state index in [-0.39, 0.29) is 12.6 Å². The SMILES string of the molecule is CC(C)NCc1c(F)ccc(S(=O)(=O)NCC(F)F)c1F. The van der Waals surface area contributed by atoms with Gasteiger partial charge in [-0.15, -0.1) is 0 Å². The molecule has 0 saturated heterocycles. The molecule has 0 radical (unpaired) electrons. The van der Waals surface area contributed by atoms with E-state index < -0.39 is 45.1 Å². The lowest BCUT2D eigenvalue weighted by Crippen LogP contribution is -2.30. The number of halogens is 4. The average Bonchev–Trinajstić information content (AvgIpc) is 2.35. The highest BCUT2D eigenvalue weighted by atomic mass is 32.2. The molecule has 0 aliphatic carbocycles. The Morgan fingerprint density at radius 2 is 1.81 bits per heavy atom. The van der Waals surface area contributed by atoms with E-state index in [0.717, 1.165) is 6.07 Å². The summed E-state index contributed by atoms with van der Waals surface area (Å²) in [6.45, 7) is 2.15. The van der Waals surface area contributed by atoms with E-state index in [9.17, 15) is 26.0 Å². The van der Waals surface area contributed by atoms with Gasteiger partial charge in [0.2, 0.25) is 10.0 Å². The number of sulfonamides is 1. The van der Waals surface area contributed by atoms with Crippen molar-refractivity contribution >= 4 is 10.0 Å². The molecule has 0 heterocycles. The van der Waals surface area contributed by atoms with Gasteiger partial charge in [-0.2, -0.15) is 0 Å². The van der Waals surface area contributed by atoms with E-state index in [4.69, 9.17) is 0 Å². The van der Waals surface area contributed by atoms with Crippen molar-refractivity contribution in [3.05, 3.63) is 29.3 Å². The summed E-state index contributed by atoms with van der Waals surface area (Å²) < 4.78 is 76.8. The van der Waals surface area contributed by atoms with Crippen molar-refractivity contribution in [1.29, 1.82) is 0 Å². The predicted molar refractivity (Wildman–Crippen MR) is 69.5 cm³/mol. The Morgan fingerprint density at radius 1 is 1.19 bits per heavy atom. The van der Waals surface area contributed by atoms with Crippen LogP contribution in [0, 0.1) is 11.6 Å². The summed E-state index contributed by atoms with van der Waals surface area (Å²) in [6.07, 6.45) is -2.91. The summed E-state index contributed by atoms with van der Waals surface area (Å²) >= 11 is 0. The van der Waals surface area contributed by atoms with Crippen molar-refractivity contribution in [3.8, 4) is 0 Å². The van der Waals surface area contributed by atoms with E-state index in [0.29, 0.717) is 6.07 Å². The fourth-order valence-electron chi connectivity index (χ4n) is 1.50. The fourth-order valence-corrected chi connectivity index (χ4v) is 2.61. The number of alkyl halides is 2. The largest absolute Gasteiger partial charge is 0.310 e. The van der Waals surface area contributed by atoms with Crippen LogP contribution in [0.3, 0.4) is 0 Å². The molecule has 0 atom stereocenters. The maximum Gasteiger partial charge on any atom is 0.251 e. The average molecular weight is 328 g/mol. The van der Waals surface area contributed by atoms with E-state index in [1.54, 1.807) is 18.6 Å². The molecule has 0 fully saturated rings. The monoisotopic (exact) mass is 328 g/mol. The zero-order chi connectivity index (χ0) is 16.2. The highest BCUT2D eigenvalue weighted by molar-refractivity contribution is 7.89. The number of rotatable bonds is 7. The van der Waals surface area contributed by atoms with Crippen LogP contribution in [0.2, 0.25) is 0 Å². The summed E-state index contributed by atoms with van der Waals surface area (Å²) in [6, 6.07) is 1.43. The van der Waals surface area contributed by atoms with Gasteiger partial charge in [0.1, 0.15) is 10.7 Å². The van der Waals surface area contributed by atoms with Crippen LogP contribution in [0.25, 0.3) is 0 Å². The van der Waals surface area contributed by atoms with E-state index >= 15 is 0 Å². The molecule has 0 spiro atoms. The molecule has 9 heteroatoms. The molecule has 0 aromatic heterocycles. The van der Waals surface area contributed by atoms with Crippen LogP contribution >= 0.6 is 0 Å². The van der Waals surface area contributed by atoms with E-state index in [1.807, 2.05) is 0 Å². The van der Waals surface area contributed by atoms with E-state index in [1.165, 1.54) is 0 Å². The lowest BCUT2D eigenvalue weighted by molar-refractivity contribution is 0.153. The second-order valence-corrected chi connectivity index (χ2v) is 6.35. The van der Waals surface area contributed by atoms with Crippen LogP contribution in [0.4, 0.5) is 17.6 Å². The smallest absolute Gasteiger partial charge is 0.251 e. The normalized spacial score (nSPS) is 12.4. The molecule has 0 amide bonds. The first kappa shape index (κ1) is 17.9. The molecule has 0 unspecified atom stereocenters. The van der Waals surface area contributed by atoms with Crippen LogP contribution in [-0.4, -0.2) is 27.4 Å². The third-order valence-electron chi connectivity index (χ3n) is 2.55. The minimum atomic E-state index is -4.46. The van der Waals surface area contributed by atoms with Crippen molar-refractivity contribution < 1.29 is 26.0 Å². The Balaban J connectivity index is 3.11. The van der Waals surface area contributed by atoms with Gasteiger partial charge in [-0.1, -0.05) is 13.8 Å². The molecule has 1 rings (SSSR count). The molecular weight excluding hydrogens is 312 g/mol. The molecule has 0 aliphatic rings. The zero-order valence-corrected chi connectivity index (χ0v) is 12.3. The molecular formula is C12H16F4N2O2S. The van der Waals surface area contributed by atoms with Crippen LogP contribution in [0.15, 0.2) is 17.0 Å². The topological polar surface area (TPSA) is 58.2 Å². The van der Waals surface area contributed by atoms with Gasteiger partial charge >= 0.3 is 0 Å². The first-order valence-corrected chi connectivity index (χ1v) is 7.61. The molecule has 1 aromatic rings. The van der Waals surface area contributed by atoms with Crippen molar-refractivity contribution in [2.75, 3.05) is 6.54 Å². The third kappa shape index (κ3) is 4.94. The summed E-state index contributed by atoms with van der Waals surface area (Å²) in [5.41, 5.74) is -0.455. The maximum absolute atomic E-state index is 14.1. The van der Waals surface area contributed by atoms with Gasteiger partial charge in [-0.3, -0.25) is 0 Å². The Hall–Kier alpha value is -1.19. The van der Waals surface area contributed by atoms with Crippen molar-refractivity contribution in [3.63, 3.8) is 0 Å². The molecule has 21 heavy (non-hydrogen) atoms. The van der Waals surface area contributed by atoms with Crippen LogP contribution in [0.1, 0.15) is 19.4 Å². The fraction of sp³-hybridized carbons (Fsp3) is 0.500. The van der Waals surface area contributed by atoms with Gasteiger partial charge in [-0.05, 0) is 12.1 Å². The number of nitrogens with one attached hydrogen (secondary N) is 2. The second-order valence-electron chi connectivity index (χ2n) is 4.62. The minimum Gasteiger partial charge on any atom is -0.310 e. The molecule has 4 nitrogen and oxygen atoms in total. The summed E-state index contributed by atoms with van der Waals surface area (Å²) in [7, 11) is -4.46. The molecule has 0 aliphatic heterocycles. The lowest BCUT2D eigenvalue weighted by Gasteiger charge is -2.13. The maximum atomic E-state index is 14.1. The summed E-state index contributed by atoms with van der Waals surface area (Å²) in [5.74, 6) is -2.20. The van der Waals surface area contributed by atoms with Gasteiger partial charge in [0, 0.05) is 18.2 Å². The predicted octanol–water partition coefficient (Wildman–Crippen LogP) is 2.01.